The highest BCUT2D eigenvalue weighted by Gasteiger charge is 2.32. The Hall–Kier alpha value is -3.14. The molecule has 0 radical (unpaired) electrons. The molecule has 1 aliphatic rings. The summed E-state index contributed by atoms with van der Waals surface area (Å²) in [6.07, 6.45) is -3.23. The molecule has 10 heteroatoms. The van der Waals surface area contributed by atoms with Gasteiger partial charge in [0.05, 0.1) is 23.1 Å². The van der Waals surface area contributed by atoms with Gasteiger partial charge in [0.1, 0.15) is 0 Å². The fourth-order valence-electron chi connectivity index (χ4n) is 2.37. The highest BCUT2D eigenvalue weighted by Crippen LogP contribution is 2.33. The average molecular weight is 407 g/mol. The molecule has 1 aliphatic heterocycles. The van der Waals surface area contributed by atoms with E-state index in [4.69, 9.17) is 5.11 Å². The summed E-state index contributed by atoms with van der Waals surface area (Å²) in [4.78, 5) is 22.2. The summed E-state index contributed by atoms with van der Waals surface area (Å²) in [6.45, 7) is 0. The quantitative estimate of drug-likeness (QED) is 0.598. The number of hydrogen-bond donors (Lipinski definition) is 2. The van der Waals surface area contributed by atoms with Crippen LogP contribution in [-0.4, -0.2) is 34.1 Å². The van der Waals surface area contributed by atoms with E-state index in [1.807, 2.05) is 0 Å². The second-order valence-corrected chi connectivity index (χ2v) is 6.67. The van der Waals surface area contributed by atoms with Crippen molar-refractivity contribution in [1.29, 1.82) is 0 Å². The minimum Gasteiger partial charge on any atom is -0.478 e. The number of nitrogens with zero attached hydrogens (tertiary/aromatic N) is 2. The number of hydrogen-bond acceptors (Lipinski definition) is 5. The number of rotatable bonds is 4. The van der Waals surface area contributed by atoms with Crippen LogP contribution in [0, 0.1) is 0 Å². The predicted molar refractivity (Wildman–Crippen MR) is 99.5 cm³/mol. The van der Waals surface area contributed by atoms with Crippen molar-refractivity contribution in [2.45, 2.75) is 6.18 Å². The molecule has 144 valence electrons. The summed E-state index contributed by atoms with van der Waals surface area (Å²) in [6, 6.07) is 9.03. The van der Waals surface area contributed by atoms with Gasteiger partial charge in [0, 0.05) is 0 Å². The summed E-state index contributed by atoms with van der Waals surface area (Å²) in [5, 5.41) is 19.7. The second-order valence-electron chi connectivity index (χ2n) is 5.71. The number of alkyl halides is 3. The fraction of sp³-hybridized carbons (Fsp3) is 0.111. The van der Waals surface area contributed by atoms with Gasteiger partial charge in [-0.25, -0.2) is 4.79 Å². The molecule has 1 amide bonds. The Balaban J connectivity index is 1.84. The van der Waals surface area contributed by atoms with Crippen molar-refractivity contribution >= 4 is 35.0 Å². The average Bonchev–Trinajstić information content (AvgIpc) is 3.06. The number of benzene rings is 2. The van der Waals surface area contributed by atoms with E-state index >= 15 is 0 Å². The van der Waals surface area contributed by atoms with Crippen molar-refractivity contribution in [3.63, 3.8) is 0 Å². The van der Waals surface area contributed by atoms with Gasteiger partial charge in [-0.15, -0.1) is 5.10 Å². The number of amides is 1. The van der Waals surface area contributed by atoms with Crippen LogP contribution in [0.3, 0.4) is 0 Å². The van der Waals surface area contributed by atoms with Crippen LogP contribution in [0.15, 0.2) is 52.7 Å². The zero-order chi connectivity index (χ0) is 20.3. The predicted octanol–water partition coefficient (Wildman–Crippen LogP) is 3.62. The first kappa shape index (κ1) is 19.6. The molecule has 0 aliphatic carbocycles. The lowest BCUT2D eigenvalue weighted by molar-refractivity contribution is -0.137. The molecule has 1 saturated heterocycles. The molecule has 6 nitrogen and oxygen atoms in total. The molecular weight excluding hydrogens is 395 g/mol. The first-order valence-electron chi connectivity index (χ1n) is 7.82. The molecule has 0 saturated carbocycles. The van der Waals surface area contributed by atoms with Gasteiger partial charge in [0.15, 0.2) is 5.17 Å². The maximum absolute atomic E-state index is 13.0. The maximum atomic E-state index is 13.0. The zero-order valence-corrected chi connectivity index (χ0v) is 14.8. The maximum Gasteiger partial charge on any atom is 0.416 e. The van der Waals surface area contributed by atoms with Gasteiger partial charge in [-0.1, -0.05) is 36.0 Å². The number of nitrogens with one attached hydrogen (secondary N) is 1. The Labute approximate surface area is 161 Å². The summed E-state index contributed by atoms with van der Waals surface area (Å²) in [7, 11) is 0. The number of thioether (sulfide) groups is 1. The third kappa shape index (κ3) is 4.77. The van der Waals surface area contributed by atoms with E-state index in [0.29, 0.717) is 28.1 Å². The van der Waals surface area contributed by atoms with E-state index in [2.05, 4.69) is 15.5 Å². The number of carboxylic acid groups (broad SMARTS) is 1. The lowest BCUT2D eigenvalue weighted by Crippen LogP contribution is -2.19. The molecule has 2 aromatic rings. The number of halogens is 3. The largest absolute Gasteiger partial charge is 0.478 e. The summed E-state index contributed by atoms with van der Waals surface area (Å²) in [5.74, 6) is -1.30. The molecule has 28 heavy (non-hydrogen) atoms. The van der Waals surface area contributed by atoms with Crippen LogP contribution >= 0.6 is 11.8 Å². The van der Waals surface area contributed by atoms with Gasteiger partial charge in [-0.2, -0.15) is 18.3 Å². The Morgan fingerprint density at radius 2 is 1.86 bits per heavy atom. The van der Waals surface area contributed by atoms with Crippen molar-refractivity contribution in [2.24, 2.45) is 10.2 Å². The van der Waals surface area contributed by atoms with E-state index in [9.17, 15) is 22.8 Å². The molecule has 2 aromatic carbocycles. The van der Waals surface area contributed by atoms with Crippen molar-refractivity contribution in [3.8, 4) is 11.1 Å². The Morgan fingerprint density at radius 3 is 2.43 bits per heavy atom. The molecule has 3 rings (SSSR count). The van der Waals surface area contributed by atoms with Crippen LogP contribution in [0.4, 0.5) is 13.2 Å². The van der Waals surface area contributed by atoms with Gasteiger partial charge in [-0.3, -0.25) is 4.79 Å². The lowest BCUT2D eigenvalue weighted by atomic mass is 9.98. The summed E-state index contributed by atoms with van der Waals surface area (Å²) in [5.41, 5.74) is -0.271. The van der Waals surface area contributed by atoms with E-state index in [1.54, 1.807) is 24.3 Å². The summed E-state index contributed by atoms with van der Waals surface area (Å²) >= 11 is 1.23. The van der Waals surface area contributed by atoms with Crippen LogP contribution in [0.5, 0.6) is 0 Å². The summed E-state index contributed by atoms with van der Waals surface area (Å²) < 4.78 is 39.1. The van der Waals surface area contributed by atoms with Crippen LogP contribution in [-0.2, 0) is 11.0 Å². The van der Waals surface area contributed by atoms with Gasteiger partial charge in [-0.05, 0) is 34.9 Å². The number of amidine groups is 1. The number of carbonyl (C=O) groups is 2. The number of carboxylic acids is 1. The Kier molecular flexibility index (Phi) is 5.50. The van der Waals surface area contributed by atoms with Crippen LogP contribution in [0.1, 0.15) is 21.5 Å². The molecule has 0 bridgehead atoms. The fourth-order valence-corrected chi connectivity index (χ4v) is 3.00. The van der Waals surface area contributed by atoms with Crippen LogP contribution in [0.2, 0.25) is 0 Å². The minimum atomic E-state index is -4.65. The monoisotopic (exact) mass is 407 g/mol. The number of aromatic carboxylic acids is 1. The first-order chi connectivity index (χ1) is 13.2. The highest BCUT2D eigenvalue weighted by atomic mass is 32.2. The van der Waals surface area contributed by atoms with Crippen molar-refractivity contribution < 1.29 is 27.9 Å². The third-order valence-corrected chi connectivity index (χ3v) is 4.56. The molecule has 1 fully saturated rings. The van der Waals surface area contributed by atoms with Gasteiger partial charge in [0.25, 0.3) is 0 Å². The van der Waals surface area contributed by atoms with E-state index in [0.717, 1.165) is 6.07 Å². The highest BCUT2D eigenvalue weighted by molar-refractivity contribution is 8.15. The molecule has 0 atom stereocenters. The van der Waals surface area contributed by atoms with Crippen molar-refractivity contribution in [2.75, 3.05) is 5.75 Å². The van der Waals surface area contributed by atoms with E-state index in [-0.39, 0.29) is 11.5 Å². The van der Waals surface area contributed by atoms with E-state index < -0.39 is 23.3 Å². The van der Waals surface area contributed by atoms with Gasteiger partial charge in [0.2, 0.25) is 5.91 Å². The minimum absolute atomic E-state index is 0.140. The van der Waals surface area contributed by atoms with Crippen LogP contribution in [0.25, 0.3) is 11.1 Å². The Morgan fingerprint density at radius 1 is 1.14 bits per heavy atom. The molecule has 1 heterocycles. The van der Waals surface area contributed by atoms with Crippen LogP contribution < -0.4 is 5.32 Å². The SMILES string of the molecule is O=C1CSC(=NN=Cc2ccc(-c3cc(C(=O)O)cc(C(F)(F)F)c3)cc2)N1. The second kappa shape index (κ2) is 7.85. The topological polar surface area (TPSA) is 91.1 Å². The molecular formula is C18H12F3N3O3S. The first-order valence-corrected chi connectivity index (χ1v) is 8.80. The normalized spacial score (nSPS) is 16.0. The molecule has 2 N–H and O–H groups in total. The molecule has 0 unspecified atom stereocenters. The molecule has 0 aromatic heterocycles. The standard InChI is InChI=1S/C18H12F3N3O3S/c19-18(20,21)14-6-12(5-13(7-14)16(26)27)11-3-1-10(2-4-11)8-22-24-17-23-15(25)9-28-17/h1-8H,9H2,(H,26,27)(H,23,24,25). The Bertz CT molecular complexity index is 986. The zero-order valence-electron chi connectivity index (χ0n) is 14.0. The third-order valence-electron chi connectivity index (χ3n) is 3.69. The van der Waals surface area contributed by atoms with Crippen molar-refractivity contribution in [3.05, 3.63) is 59.2 Å². The lowest BCUT2D eigenvalue weighted by Gasteiger charge is -2.11. The van der Waals surface area contributed by atoms with Gasteiger partial charge >= 0.3 is 12.1 Å². The van der Waals surface area contributed by atoms with Gasteiger partial charge < -0.3 is 10.4 Å². The van der Waals surface area contributed by atoms with Crippen molar-refractivity contribution in [1.82, 2.24) is 5.32 Å². The molecule has 0 spiro atoms. The number of carbonyl (C=O) groups excluding carboxylic acids is 1. The smallest absolute Gasteiger partial charge is 0.416 e. The van der Waals surface area contributed by atoms with E-state index in [1.165, 1.54) is 24.0 Å².